The van der Waals surface area contributed by atoms with Crippen molar-refractivity contribution in [3.63, 3.8) is 0 Å². The molecule has 0 spiro atoms. The average molecular weight is 227 g/mol. The summed E-state index contributed by atoms with van der Waals surface area (Å²) >= 11 is 0. The van der Waals surface area contributed by atoms with Crippen molar-refractivity contribution in [3.8, 4) is 0 Å². The molecule has 0 aromatic carbocycles. The topological polar surface area (TPSA) is 27.7 Å². The van der Waals surface area contributed by atoms with Gasteiger partial charge in [-0.15, -0.1) is 0 Å². The van der Waals surface area contributed by atoms with Crippen molar-refractivity contribution in [2.45, 2.75) is 12.5 Å². The largest absolute Gasteiger partial charge is 0.374 e. The third kappa shape index (κ3) is 3.42. The highest BCUT2D eigenvalue weighted by molar-refractivity contribution is 4.79. The third-order valence-corrected chi connectivity index (χ3v) is 3.66. The molecule has 4 nitrogen and oxygen atoms in total. The molecular formula is C12H25N3O. The number of hydrogen-bond acceptors (Lipinski definition) is 4. The molecule has 16 heavy (non-hydrogen) atoms. The number of hydrogen-bond donors (Lipinski definition) is 1. The van der Waals surface area contributed by atoms with Crippen molar-refractivity contribution in [3.05, 3.63) is 0 Å². The smallest absolute Gasteiger partial charge is 0.0826 e. The minimum atomic E-state index is 0.387. The summed E-state index contributed by atoms with van der Waals surface area (Å²) in [5.74, 6) is 0.873. The Morgan fingerprint density at radius 2 is 2.19 bits per heavy atom. The Balaban J connectivity index is 1.72. The minimum absolute atomic E-state index is 0.387. The van der Waals surface area contributed by atoms with Gasteiger partial charge in [-0.3, -0.25) is 4.90 Å². The first kappa shape index (κ1) is 12.3. The maximum absolute atomic E-state index is 5.72. The molecule has 2 unspecified atom stereocenters. The van der Waals surface area contributed by atoms with E-state index in [0.717, 1.165) is 32.2 Å². The van der Waals surface area contributed by atoms with Gasteiger partial charge in [-0.25, -0.2) is 0 Å². The van der Waals surface area contributed by atoms with Crippen molar-refractivity contribution in [2.75, 3.05) is 60.0 Å². The van der Waals surface area contributed by atoms with E-state index < -0.39 is 0 Å². The molecule has 94 valence electrons. The van der Waals surface area contributed by atoms with Crippen molar-refractivity contribution < 1.29 is 4.74 Å². The number of nitrogens with one attached hydrogen (secondary N) is 1. The fourth-order valence-electron chi connectivity index (χ4n) is 2.84. The van der Waals surface area contributed by atoms with E-state index in [2.05, 4.69) is 22.2 Å². The SMILES string of the molecule is CNCC1CN(CC2CCN(C)C2)CCO1. The second-order valence-corrected chi connectivity index (χ2v) is 5.23. The molecular weight excluding hydrogens is 202 g/mol. The molecule has 2 rings (SSSR count). The van der Waals surface area contributed by atoms with Gasteiger partial charge >= 0.3 is 0 Å². The first-order chi connectivity index (χ1) is 7.78. The minimum Gasteiger partial charge on any atom is -0.374 e. The van der Waals surface area contributed by atoms with Crippen LogP contribution in [0.2, 0.25) is 0 Å². The van der Waals surface area contributed by atoms with Gasteiger partial charge in [-0.05, 0) is 33.0 Å². The predicted octanol–water partition coefficient (Wildman–Crippen LogP) is -0.142. The molecule has 0 aromatic rings. The maximum Gasteiger partial charge on any atom is 0.0826 e. The standard InChI is InChI=1S/C12H25N3O/c1-13-7-12-10-15(5-6-16-12)9-11-3-4-14(2)8-11/h11-13H,3-10H2,1-2H3. The molecule has 0 amide bonds. The molecule has 0 saturated carbocycles. The zero-order chi connectivity index (χ0) is 11.4. The van der Waals surface area contributed by atoms with E-state index in [1.54, 1.807) is 0 Å². The molecule has 0 radical (unpaired) electrons. The van der Waals surface area contributed by atoms with Gasteiger partial charge in [0.05, 0.1) is 12.7 Å². The van der Waals surface area contributed by atoms with Gasteiger partial charge in [0.2, 0.25) is 0 Å². The van der Waals surface area contributed by atoms with E-state index in [-0.39, 0.29) is 0 Å². The summed E-state index contributed by atoms with van der Waals surface area (Å²) in [5, 5.41) is 3.20. The van der Waals surface area contributed by atoms with Gasteiger partial charge in [0, 0.05) is 32.7 Å². The molecule has 1 N–H and O–H groups in total. The first-order valence-corrected chi connectivity index (χ1v) is 6.45. The molecule has 2 atom stereocenters. The zero-order valence-corrected chi connectivity index (χ0v) is 10.6. The van der Waals surface area contributed by atoms with Crippen LogP contribution in [0, 0.1) is 5.92 Å². The number of morpholine rings is 1. The monoisotopic (exact) mass is 227 g/mol. The molecule has 2 heterocycles. The highest BCUT2D eigenvalue weighted by atomic mass is 16.5. The number of nitrogens with zero attached hydrogens (tertiary/aromatic N) is 2. The molecule has 0 aromatic heterocycles. The van der Waals surface area contributed by atoms with Crippen LogP contribution < -0.4 is 5.32 Å². The normalized spacial score (nSPS) is 33.4. The lowest BCUT2D eigenvalue weighted by atomic mass is 10.1. The van der Waals surface area contributed by atoms with Crippen molar-refractivity contribution >= 4 is 0 Å². The van der Waals surface area contributed by atoms with E-state index in [0.29, 0.717) is 6.10 Å². The van der Waals surface area contributed by atoms with Gasteiger partial charge < -0.3 is 15.0 Å². The van der Waals surface area contributed by atoms with Crippen LogP contribution in [0.15, 0.2) is 0 Å². The second kappa shape index (κ2) is 5.96. The summed E-state index contributed by atoms with van der Waals surface area (Å²) in [7, 11) is 4.22. The lowest BCUT2D eigenvalue weighted by molar-refractivity contribution is -0.0303. The quantitative estimate of drug-likeness (QED) is 0.723. The van der Waals surface area contributed by atoms with Crippen LogP contribution >= 0.6 is 0 Å². The van der Waals surface area contributed by atoms with Gasteiger partial charge in [0.15, 0.2) is 0 Å². The molecule has 2 aliphatic heterocycles. The van der Waals surface area contributed by atoms with Crippen LogP contribution in [0.1, 0.15) is 6.42 Å². The van der Waals surface area contributed by atoms with Crippen LogP contribution in [-0.4, -0.2) is 75.9 Å². The van der Waals surface area contributed by atoms with Gasteiger partial charge in [0.1, 0.15) is 0 Å². The van der Waals surface area contributed by atoms with E-state index in [1.807, 2.05) is 7.05 Å². The Morgan fingerprint density at radius 1 is 1.31 bits per heavy atom. The molecule has 4 heteroatoms. The van der Waals surface area contributed by atoms with Crippen molar-refractivity contribution in [1.82, 2.24) is 15.1 Å². The van der Waals surface area contributed by atoms with E-state index in [1.165, 1.54) is 26.1 Å². The summed E-state index contributed by atoms with van der Waals surface area (Å²) in [4.78, 5) is 5.02. The van der Waals surface area contributed by atoms with Gasteiger partial charge in [0.25, 0.3) is 0 Å². The third-order valence-electron chi connectivity index (χ3n) is 3.66. The van der Waals surface area contributed by atoms with E-state index in [4.69, 9.17) is 4.74 Å². The fraction of sp³-hybridized carbons (Fsp3) is 1.00. The highest BCUT2D eigenvalue weighted by Crippen LogP contribution is 2.17. The van der Waals surface area contributed by atoms with Crippen molar-refractivity contribution in [1.29, 1.82) is 0 Å². The number of rotatable bonds is 4. The van der Waals surface area contributed by atoms with Gasteiger partial charge in [-0.1, -0.05) is 0 Å². The van der Waals surface area contributed by atoms with E-state index >= 15 is 0 Å². The second-order valence-electron chi connectivity index (χ2n) is 5.23. The number of likely N-dealkylation sites (tertiary alicyclic amines) is 1. The van der Waals surface area contributed by atoms with Crippen LogP contribution in [0.4, 0.5) is 0 Å². The molecule has 2 saturated heterocycles. The molecule has 0 aliphatic carbocycles. The van der Waals surface area contributed by atoms with Crippen LogP contribution in [-0.2, 0) is 4.74 Å². The zero-order valence-electron chi connectivity index (χ0n) is 10.6. The lowest BCUT2D eigenvalue weighted by Gasteiger charge is -2.34. The van der Waals surface area contributed by atoms with Crippen LogP contribution in [0.3, 0.4) is 0 Å². The lowest BCUT2D eigenvalue weighted by Crippen LogP contribution is -2.47. The number of ether oxygens (including phenoxy) is 1. The van der Waals surface area contributed by atoms with Crippen LogP contribution in [0.5, 0.6) is 0 Å². The summed E-state index contributed by atoms with van der Waals surface area (Å²) in [5.41, 5.74) is 0. The Labute approximate surface area is 98.9 Å². The number of likely N-dealkylation sites (N-methyl/N-ethyl adjacent to an activating group) is 1. The maximum atomic E-state index is 5.72. The van der Waals surface area contributed by atoms with Gasteiger partial charge in [-0.2, -0.15) is 0 Å². The Kier molecular flexibility index (Phi) is 4.58. The molecule has 2 aliphatic rings. The fourth-order valence-corrected chi connectivity index (χ4v) is 2.84. The van der Waals surface area contributed by atoms with Crippen LogP contribution in [0.25, 0.3) is 0 Å². The summed E-state index contributed by atoms with van der Waals surface area (Å²) in [6, 6.07) is 0. The molecule has 2 fully saturated rings. The average Bonchev–Trinajstić information content (AvgIpc) is 2.65. The summed E-state index contributed by atoms with van der Waals surface area (Å²) in [6.07, 6.45) is 1.75. The molecule has 0 bridgehead atoms. The summed E-state index contributed by atoms with van der Waals surface area (Å²) < 4.78 is 5.72. The predicted molar refractivity (Wildman–Crippen MR) is 65.7 cm³/mol. The van der Waals surface area contributed by atoms with Crippen molar-refractivity contribution in [2.24, 2.45) is 5.92 Å². The highest BCUT2D eigenvalue weighted by Gasteiger charge is 2.25. The Morgan fingerprint density at radius 3 is 2.88 bits per heavy atom. The van der Waals surface area contributed by atoms with E-state index in [9.17, 15) is 0 Å². The Hall–Kier alpha value is -0.160. The Bertz CT molecular complexity index is 210. The summed E-state index contributed by atoms with van der Waals surface area (Å²) in [6.45, 7) is 7.88. The first-order valence-electron chi connectivity index (χ1n) is 6.45.